The lowest BCUT2D eigenvalue weighted by Gasteiger charge is -2.29. The Hall–Kier alpha value is -1.35. The van der Waals surface area contributed by atoms with Gasteiger partial charge >= 0.3 is 0 Å². The summed E-state index contributed by atoms with van der Waals surface area (Å²) < 4.78 is 27.0. The molecule has 2 N–H and O–H groups in total. The van der Waals surface area contributed by atoms with Crippen molar-refractivity contribution < 1.29 is 8.42 Å². The Morgan fingerprint density at radius 3 is 2.60 bits per heavy atom. The number of benzene rings is 1. The highest BCUT2D eigenvalue weighted by molar-refractivity contribution is 7.89. The molecule has 0 amide bonds. The lowest BCUT2D eigenvalue weighted by atomic mass is 10.0. The number of sulfonamides is 1. The highest BCUT2D eigenvalue weighted by Gasteiger charge is 2.29. The fraction of sp³-hybridized carbons (Fsp3) is 0.467. The van der Waals surface area contributed by atoms with Crippen molar-refractivity contribution in [3.8, 4) is 11.8 Å². The van der Waals surface area contributed by atoms with Gasteiger partial charge in [-0.15, -0.1) is 0 Å². The minimum absolute atomic E-state index is 0.218. The number of piperidine rings is 1. The first-order valence-electron chi connectivity index (χ1n) is 6.84. The normalized spacial score (nSPS) is 17.5. The lowest BCUT2D eigenvalue weighted by molar-refractivity contribution is 0.288. The first kappa shape index (κ1) is 15.0. The number of hydrogen-bond acceptors (Lipinski definition) is 3. The summed E-state index contributed by atoms with van der Waals surface area (Å²) in [5.41, 5.74) is 5.88. The molecule has 1 fully saturated rings. The van der Waals surface area contributed by atoms with Crippen LogP contribution in [0.3, 0.4) is 0 Å². The molecule has 0 unspecified atom stereocenters. The molecule has 0 saturated carbocycles. The van der Waals surface area contributed by atoms with Gasteiger partial charge in [0.25, 0.3) is 0 Å². The Labute approximate surface area is 121 Å². The van der Waals surface area contributed by atoms with E-state index in [2.05, 4.69) is 18.8 Å². The largest absolute Gasteiger partial charge is 0.320 e. The molecule has 0 aromatic heterocycles. The quantitative estimate of drug-likeness (QED) is 0.839. The van der Waals surface area contributed by atoms with Crippen LogP contribution in [-0.2, 0) is 10.0 Å². The zero-order chi connectivity index (χ0) is 14.6. The molecule has 1 heterocycles. The predicted octanol–water partition coefficient (Wildman–Crippen LogP) is 1.42. The van der Waals surface area contributed by atoms with E-state index >= 15 is 0 Å². The number of nitrogens with zero attached hydrogens (tertiary/aromatic N) is 1. The second kappa shape index (κ2) is 6.40. The Kier molecular flexibility index (Phi) is 4.81. The molecule has 1 aromatic carbocycles. The molecule has 2 rings (SSSR count). The van der Waals surface area contributed by atoms with Crippen molar-refractivity contribution in [1.82, 2.24) is 4.31 Å². The number of rotatable bonds is 2. The molecular formula is C15H20N2O2S. The Morgan fingerprint density at radius 1 is 1.30 bits per heavy atom. The van der Waals surface area contributed by atoms with Gasteiger partial charge in [0.2, 0.25) is 10.0 Å². The third-order valence-corrected chi connectivity index (χ3v) is 5.53. The van der Waals surface area contributed by atoms with Crippen LogP contribution in [0.25, 0.3) is 0 Å². The van der Waals surface area contributed by atoms with Crippen LogP contribution in [0.15, 0.2) is 29.2 Å². The van der Waals surface area contributed by atoms with Gasteiger partial charge < -0.3 is 5.73 Å². The summed E-state index contributed by atoms with van der Waals surface area (Å²) in [6.07, 6.45) is 1.83. The van der Waals surface area contributed by atoms with Crippen molar-refractivity contribution in [3.05, 3.63) is 29.8 Å². The standard InChI is InChI=1S/C15H20N2O2S/c1-13-8-11-17(12-9-13)20(18,19)15-7-3-2-5-14(15)6-4-10-16/h2-3,5,7,13H,8-12,16H2,1H3. The number of hydrogen-bond donors (Lipinski definition) is 1. The zero-order valence-corrected chi connectivity index (χ0v) is 12.5. The molecule has 1 aliphatic rings. The summed E-state index contributed by atoms with van der Waals surface area (Å²) in [7, 11) is -3.46. The van der Waals surface area contributed by atoms with Crippen LogP contribution < -0.4 is 5.73 Å². The molecule has 0 bridgehead atoms. The maximum absolute atomic E-state index is 12.7. The van der Waals surface area contributed by atoms with Crippen molar-refractivity contribution in [2.75, 3.05) is 19.6 Å². The second-order valence-corrected chi connectivity index (χ2v) is 7.00. The minimum Gasteiger partial charge on any atom is -0.320 e. The molecule has 0 spiro atoms. The van der Waals surface area contributed by atoms with Crippen molar-refractivity contribution in [2.45, 2.75) is 24.7 Å². The summed E-state index contributed by atoms with van der Waals surface area (Å²) in [5, 5.41) is 0. The van der Waals surface area contributed by atoms with Crippen LogP contribution in [0.1, 0.15) is 25.3 Å². The Balaban J connectivity index is 2.34. The predicted molar refractivity (Wildman–Crippen MR) is 79.5 cm³/mol. The van der Waals surface area contributed by atoms with Crippen LogP contribution in [0.5, 0.6) is 0 Å². The first-order valence-corrected chi connectivity index (χ1v) is 8.28. The second-order valence-electron chi connectivity index (χ2n) is 5.09. The summed E-state index contributed by atoms with van der Waals surface area (Å²) in [4.78, 5) is 0.288. The topological polar surface area (TPSA) is 63.4 Å². The van der Waals surface area contributed by atoms with Crippen LogP contribution in [0, 0.1) is 17.8 Å². The van der Waals surface area contributed by atoms with E-state index in [1.807, 2.05) is 0 Å². The van der Waals surface area contributed by atoms with Crippen LogP contribution >= 0.6 is 0 Å². The van der Waals surface area contributed by atoms with Gasteiger partial charge in [0, 0.05) is 18.7 Å². The van der Waals surface area contributed by atoms with Gasteiger partial charge in [-0.05, 0) is 30.9 Å². The molecule has 20 heavy (non-hydrogen) atoms. The van der Waals surface area contributed by atoms with Gasteiger partial charge in [-0.1, -0.05) is 30.9 Å². The van der Waals surface area contributed by atoms with Crippen LogP contribution in [-0.4, -0.2) is 32.4 Å². The molecule has 108 valence electrons. The van der Waals surface area contributed by atoms with Crippen molar-refractivity contribution in [1.29, 1.82) is 0 Å². The molecule has 1 aromatic rings. The maximum atomic E-state index is 12.7. The summed E-state index contributed by atoms with van der Waals surface area (Å²) in [5.74, 6) is 6.16. The molecule has 0 aliphatic carbocycles. The fourth-order valence-electron chi connectivity index (χ4n) is 2.31. The average Bonchev–Trinajstić information content (AvgIpc) is 2.46. The lowest BCUT2D eigenvalue weighted by Crippen LogP contribution is -2.38. The summed E-state index contributed by atoms with van der Waals surface area (Å²) >= 11 is 0. The molecule has 0 radical (unpaired) electrons. The first-order chi connectivity index (χ1) is 9.55. The van der Waals surface area contributed by atoms with Crippen molar-refractivity contribution in [3.63, 3.8) is 0 Å². The highest BCUT2D eigenvalue weighted by atomic mass is 32.2. The van der Waals surface area contributed by atoms with E-state index in [-0.39, 0.29) is 11.4 Å². The zero-order valence-electron chi connectivity index (χ0n) is 11.7. The monoisotopic (exact) mass is 292 g/mol. The van der Waals surface area contributed by atoms with Crippen molar-refractivity contribution >= 4 is 10.0 Å². The van der Waals surface area contributed by atoms with Crippen molar-refractivity contribution in [2.24, 2.45) is 11.7 Å². The van der Waals surface area contributed by atoms with Gasteiger partial charge in [0.15, 0.2) is 0 Å². The average molecular weight is 292 g/mol. The highest BCUT2D eigenvalue weighted by Crippen LogP contribution is 2.25. The van der Waals surface area contributed by atoms with Gasteiger partial charge in [0.1, 0.15) is 0 Å². The molecular weight excluding hydrogens is 272 g/mol. The minimum atomic E-state index is -3.46. The third kappa shape index (κ3) is 3.21. The smallest absolute Gasteiger partial charge is 0.244 e. The summed E-state index contributed by atoms with van der Waals surface area (Å²) in [6, 6.07) is 6.86. The maximum Gasteiger partial charge on any atom is 0.244 e. The van der Waals surface area contributed by atoms with Gasteiger partial charge in [-0.3, -0.25) is 0 Å². The van der Waals surface area contributed by atoms with Crippen LogP contribution in [0.4, 0.5) is 0 Å². The van der Waals surface area contributed by atoms with E-state index in [1.54, 1.807) is 28.6 Å². The van der Waals surface area contributed by atoms with E-state index in [4.69, 9.17) is 5.73 Å². The van der Waals surface area contributed by atoms with Gasteiger partial charge in [0.05, 0.1) is 11.4 Å². The Bertz CT molecular complexity index is 621. The SMILES string of the molecule is CC1CCN(S(=O)(=O)c2ccccc2C#CCN)CC1. The van der Waals surface area contributed by atoms with E-state index in [0.717, 1.165) is 12.8 Å². The Morgan fingerprint density at radius 2 is 1.95 bits per heavy atom. The van der Waals surface area contributed by atoms with E-state index in [0.29, 0.717) is 24.6 Å². The number of nitrogens with two attached hydrogens (primary N) is 1. The fourth-order valence-corrected chi connectivity index (χ4v) is 3.92. The summed E-state index contributed by atoms with van der Waals surface area (Å²) in [6.45, 7) is 3.55. The van der Waals surface area contributed by atoms with Gasteiger partial charge in [-0.2, -0.15) is 4.31 Å². The molecule has 4 nitrogen and oxygen atoms in total. The molecule has 1 saturated heterocycles. The van der Waals surface area contributed by atoms with E-state index < -0.39 is 10.0 Å². The third-order valence-electron chi connectivity index (χ3n) is 3.57. The van der Waals surface area contributed by atoms with E-state index in [1.165, 1.54) is 0 Å². The van der Waals surface area contributed by atoms with E-state index in [9.17, 15) is 8.42 Å². The van der Waals surface area contributed by atoms with Crippen LogP contribution in [0.2, 0.25) is 0 Å². The molecule has 1 aliphatic heterocycles. The molecule has 5 heteroatoms. The van der Waals surface area contributed by atoms with Gasteiger partial charge in [-0.25, -0.2) is 8.42 Å². The molecule has 0 atom stereocenters.